The zero-order valence-electron chi connectivity index (χ0n) is 14.0. The number of hydrogen-bond acceptors (Lipinski definition) is 7. The third-order valence-electron chi connectivity index (χ3n) is 6.61. The van der Waals surface area contributed by atoms with Gasteiger partial charge < -0.3 is 20.3 Å². The van der Waals surface area contributed by atoms with Crippen LogP contribution < -0.4 is 4.90 Å². The Morgan fingerprint density at radius 1 is 1.20 bits per heavy atom. The fourth-order valence-electron chi connectivity index (χ4n) is 5.57. The minimum atomic E-state index is -1.51. The molecule has 4 aliphatic rings. The molecule has 1 aromatic heterocycles. The van der Waals surface area contributed by atoms with Gasteiger partial charge in [-0.1, -0.05) is 6.42 Å². The normalized spacial score (nSPS) is 38.4. The van der Waals surface area contributed by atoms with Gasteiger partial charge in [0.2, 0.25) is 22.7 Å². The maximum atomic E-state index is 13.5. The van der Waals surface area contributed by atoms with Gasteiger partial charge in [0.1, 0.15) is 0 Å². The van der Waals surface area contributed by atoms with Crippen molar-refractivity contribution in [3.63, 3.8) is 0 Å². The largest absolute Gasteiger partial charge is 0.622 e. The minimum Gasteiger partial charge on any atom is -0.622 e. The van der Waals surface area contributed by atoms with Gasteiger partial charge in [0.05, 0.1) is 19.1 Å². The Kier molecular flexibility index (Phi) is 3.20. The standard InChI is InChI=1S/C16H22N4O5/c21-16-12-3-1-2-6-15(12,18-7-9-24-10-8-18)19(22)13(16)5-4-11-14(16)17-25-20(11)23/h12,21H,1-10H2/t12-,15+,16+/m1/s1. The highest BCUT2D eigenvalue weighted by molar-refractivity contribution is 5.92. The highest BCUT2D eigenvalue weighted by Crippen LogP contribution is 2.55. The molecule has 2 fully saturated rings. The second kappa shape index (κ2) is 5.15. The van der Waals surface area contributed by atoms with Crippen LogP contribution in [0.4, 0.5) is 0 Å². The van der Waals surface area contributed by atoms with Gasteiger partial charge >= 0.3 is 0 Å². The predicted molar refractivity (Wildman–Crippen MR) is 83.4 cm³/mol. The smallest absolute Gasteiger partial charge is 0.263 e. The lowest BCUT2D eigenvalue weighted by Gasteiger charge is -2.47. The molecule has 1 saturated heterocycles. The van der Waals surface area contributed by atoms with E-state index in [0.29, 0.717) is 61.9 Å². The van der Waals surface area contributed by atoms with E-state index in [2.05, 4.69) is 10.1 Å². The summed E-state index contributed by atoms with van der Waals surface area (Å²) in [5.74, 6) is -0.316. The van der Waals surface area contributed by atoms with E-state index in [9.17, 15) is 15.5 Å². The first-order chi connectivity index (χ1) is 12.1. The Morgan fingerprint density at radius 3 is 2.80 bits per heavy atom. The molecule has 1 N–H and O–H groups in total. The number of rotatable bonds is 1. The molecule has 1 aromatic rings. The first kappa shape index (κ1) is 15.5. The van der Waals surface area contributed by atoms with Crippen LogP contribution in [0.25, 0.3) is 0 Å². The van der Waals surface area contributed by atoms with Gasteiger partial charge in [0.25, 0.3) is 5.69 Å². The summed E-state index contributed by atoms with van der Waals surface area (Å²) in [6, 6.07) is 0. The Morgan fingerprint density at radius 2 is 2.00 bits per heavy atom. The van der Waals surface area contributed by atoms with Crippen LogP contribution in [0.2, 0.25) is 0 Å². The van der Waals surface area contributed by atoms with Gasteiger partial charge in [-0.25, -0.2) is 4.90 Å². The topological polar surface area (TPSA) is 112 Å². The molecular weight excluding hydrogens is 328 g/mol. The first-order valence-corrected chi connectivity index (χ1v) is 9.08. The van der Waals surface area contributed by atoms with Crippen molar-refractivity contribution in [2.75, 3.05) is 26.3 Å². The van der Waals surface area contributed by atoms with Crippen molar-refractivity contribution in [3.05, 3.63) is 21.8 Å². The third kappa shape index (κ3) is 1.76. The quantitative estimate of drug-likeness (QED) is 0.543. The van der Waals surface area contributed by atoms with E-state index in [1.54, 1.807) is 0 Å². The van der Waals surface area contributed by atoms with Crippen LogP contribution in [0, 0.1) is 16.3 Å². The summed E-state index contributed by atoms with van der Waals surface area (Å²) in [6.07, 6.45) is 4.05. The molecular formula is C16H22N4O5. The lowest BCUT2D eigenvalue weighted by Crippen LogP contribution is -2.63. The van der Waals surface area contributed by atoms with Crippen LogP contribution in [-0.2, 0) is 16.8 Å². The van der Waals surface area contributed by atoms with Gasteiger partial charge in [0, 0.05) is 37.5 Å². The first-order valence-electron chi connectivity index (χ1n) is 9.08. The van der Waals surface area contributed by atoms with Crippen LogP contribution in [0.3, 0.4) is 0 Å². The zero-order chi connectivity index (χ0) is 17.2. The van der Waals surface area contributed by atoms with Crippen molar-refractivity contribution in [2.45, 2.75) is 49.8 Å². The van der Waals surface area contributed by atoms with E-state index < -0.39 is 11.3 Å². The molecule has 25 heavy (non-hydrogen) atoms. The summed E-state index contributed by atoms with van der Waals surface area (Å²) in [6.45, 7) is 2.52. The monoisotopic (exact) mass is 350 g/mol. The molecule has 3 atom stereocenters. The van der Waals surface area contributed by atoms with Crippen molar-refractivity contribution in [1.29, 1.82) is 0 Å². The molecule has 136 valence electrons. The van der Waals surface area contributed by atoms with Crippen molar-refractivity contribution in [1.82, 2.24) is 10.1 Å². The molecule has 0 spiro atoms. The van der Waals surface area contributed by atoms with Crippen molar-refractivity contribution < 1.29 is 24.1 Å². The van der Waals surface area contributed by atoms with E-state index in [4.69, 9.17) is 9.37 Å². The van der Waals surface area contributed by atoms with Gasteiger partial charge in [-0.05, 0) is 17.7 Å². The summed E-state index contributed by atoms with van der Waals surface area (Å²) in [7, 11) is 0. The molecule has 3 heterocycles. The van der Waals surface area contributed by atoms with Crippen LogP contribution in [0.1, 0.15) is 43.5 Å². The maximum Gasteiger partial charge on any atom is 0.263 e. The molecule has 2 aliphatic carbocycles. The number of aromatic nitrogens is 2. The zero-order valence-corrected chi connectivity index (χ0v) is 14.0. The van der Waals surface area contributed by atoms with Crippen LogP contribution >= 0.6 is 0 Å². The number of fused-ring (bicyclic) bond motifs is 5. The van der Waals surface area contributed by atoms with Gasteiger partial charge in [-0.2, -0.15) is 4.74 Å². The van der Waals surface area contributed by atoms with Crippen LogP contribution in [-0.4, -0.2) is 57.6 Å². The summed E-state index contributed by atoms with van der Waals surface area (Å²) < 4.78 is 11.3. The lowest BCUT2D eigenvalue weighted by atomic mass is 9.66. The van der Waals surface area contributed by atoms with Crippen molar-refractivity contribution in [2.24, 2.45) is 5.92 Å². The summed E-state index contributed by atoms with van der Waals surface area (Å²) in [5, 5.41) is 41.0. The molecule has 9 heteroatoms. The number of nitrogens with zero attached hydrogens (tertiary/aromatic N) is 4. The SMILES string of the molecule is [O-][N+]1=C2CCc3c(no[n+]3[O-])[C@]2(O)[C@@H]2CCCC[C@@]21N1CCOCC1. The highest BCUT2D eigenvalue weighted by Gasteiger charge is 2.73. The van der Waals surface area contributed by atoms with Crippen molar-refractivity contribution in [3.8, 4) is 0 Å². The average molecular weight is 350 g/mol. The number of aliphatic hydroxyl groups is 1. The summed E-state index contributed by atoms with van der Waals surface area (Å²) >= 11 is 0. The second-order valence-corrected chi connectivity index (χ2v) is 7.51. The average Bonchev–Trinajstić information content (AvgIpc) is 3.12. The fourth-order valence-corrected chi connectivity index (χ4v) is 5.57. The van der Waals surface area contributed by atoms with Crippen LogP contribution in [0.5, 0.6) is 0 Å². The second-order valence-electron chi connectivity index (χ2n) is 7.51. The number of ether oxygens (including phenoxy) is 1. The Bertz CT molecular complexity index is 743. The molecule has 5 rings (SSSR count). The Labute approximate surface area is 144 Å². The van der Waals surface area contributed by atoms with Gasteiger partial charge in [0.15, 0.2) is 0 Å². The molecule has 0 amide bonds. The Hall–Kier alpha value is -1.71. The molecule has 2 aliphatic heterocycles. The van der Waals surface area contributed by atoms with Gasteiger partial charge in [-0.15, -0.1) is 0 Å². The molecule has 0 radical (unpaired) electrons. The fraction of sp³-hybridized carbons (Fsp3) is 0.812. The summed E-state index contributed by atoms with van der Waals surface area (Å²) in [5.41, 5.74) is -1.25. The number of hydroxylamine groups is 1. The van der Waals surface area contributed by atoms with E-state index in [1.807, 2.05) is 0 Å². The lowest BCUT2D eigenvalue weighted by molar-refractivity contribution is -0.808. The van der Waals surface area contributed by atoms with Crippen molar-refractivity contribution >= 4 is 5.71 Å². The molecule has 9 nitrogen and oxygen atoms in total. The van der Waals surface area contributed by atoms with Crippen LogP contribution in [0.15, 0.2) is 4.63 Å². The molecule has 0 aromatic carbocycles. The Balaban J connectivity index is 1.70. The van der Waals surface area contributed by atoms with E-state index >= 15 is 0 Å². The minimum absolute atomic E-state index is 0.242. The number of morpholine rings is 1. The van der Waals surface area contributed by atoms with E-state index in [1.165, 1.54) is 0 Å². The third-order valence-corrected chi connectivity index (χ3v) is 6.61. The highest BCUT2D eigenvalue weighted by atomic mass is 16.8. The molecule has 1 saturated carbocycles. The van der Waals surface area contributed by atoms with Gasteiger partial charge in [-0.3, -0.25) is 4.63 Å². The molecule has 0 bridgehead atoms. The van der Waals surface area contributed by atoms with E-state index in [-0.39, 0.29) is 11.6 Å². The molecule has 0 unspecified atom stereocenters. The number of hydrogen-bond donors (Lipinski definition) is 1. The summed E-state index contributed by atoms with van der Waals surface area (Å²) in [4.78, 5) is 2.55. The maximum absolute atomic E-state index is 13.5. The van der Waals surface area contributed by atoms with E-state index in [0.717, 1.165) is 24.0 Å². The predicted octanol–water partition coefficient (Wildman–Crippen LogP) is -0.375.